The summed E-state index contributed by atoms with van der Waals surface area (Å²) in [6.45, 7) is 4.20. The summed E-state index contributed by atoms with van der Waals surface area (Å²) < 4.78 is 6.77. The topological polar surface area (TPSA) is 64.4 Å². The molecule has 0 aromatic heterocycles. The molecule has 2 aromatic rings. The van der Waals surface area contributed by atoms with Crippen molar-refractivity contribution in [2.75, 3.05) is 13.2 Å². The quantitative estimate of drug-likeness (QED) is 0.384. The van der Waals surface area contributed by atoms with Crippen LogP contribution in [-0.2, 0) is 6.54 Å². The summed E-state index contributed by atoms with van der Waals surface area (Å²) in [7, 11) is 0. The molecule has 0 fully saturated rings. The van der Waals surface area contributed by atoms with Crippen LogP contribution in [0.5, 0.6) is 5.75 Å². The molecule has 24 heavy (non-hydrogen) atoms. The number of ether oxygens (including phenoxy) is 1. The van der Waals surface area contributed by atoms with E-state index in [9.17, 15) is 10.1 Å². The van der Waals surface area contributed by atoms with Gasteiger partial charge in [0.2, 0.25) is 0 Å². The van der Waals surface area contributed by atoms with Crippen LogP contribution in [0, 0.1) is 17.0 Å². The van der Waals surface area contributed by atoms with Gasteiger partial charge < -0.3 is 10.1 Å². The van der Waals surface area contributed by atoms with Crippen molar-refractivity contribution in [2.24, 2.45) is 0 Å². The standard InChI is InChI=1S/C18H21BrN2O3/c1-14-7-8-17(12-18(14)19)24-10-3-2-9-20-13-15-5-4-6-16(11-15)21(22)23/h4-8,11-12,20H,2-3,9-10,13H2,1H3. The molecule has 0 saturated carbocycles. The fourth-order valence-electron chi connectivity index (χ4n) is 2.22. The number of nitrogens with zero attached hydrogens (tertiary/aromatic N) is 1. The molecule has 0 atom stereocenters. The molecule has 0 bridgehead atoms. The highest BCUT2D eigenvalue weighted by Crippen LogP contribution is 2.22. The molecular formula is C18H21BrN2O3. The molecule has 0 aliphatic rings. The Bertz CT molecular complexity index is 692. The van der Waals surface area contributed by atoms with Crippen molar-refractivity contribution in [3.63, 3.8) is 0 Å². The Balaban J connectivity index is 1.60. The second-order valence-corrected chi connectivity index (χ2v) is 6.42. The molecular weight excluding hydrogens is 372 g/mol. The van der Waals surface area contributed by atoms with Gasteiger partial charge in [-0.25, -0.2) is 0 Å². The number of hydrogen-bond donors (Lipinski definition) is 1. The maximum absolute atomic E-state index is 10.7. The lowest BCUT2D eigenvalue weighted by Gasteiger charge is -2.08. The van der Waals surface area contributed by atoms with E-state index in [-0.39, 0.29) is 10.6 Å². The highest BCUT2D eigenvalue weighted by atomic mass is 79.9. The van der Waals surface area contributed by atoms with Gasteiger partial charge in [-0.3, -0.25) is 10.1 Å². The van der Waals surface area contributed by atoms with Gasteiger partial charge in [0.1, 0.15) is 5.75 Å². The first-order chi connectivity index (χ1) is 11.6. The van der Waals surface area contributed by atoms with Crippen molar-refractivity contribution < 1.29 is 9.66 Å². The summed E-state index contributed by atoms with van der Waals surface area (Å²) in [6.07, 6.45) is 1.94. The number of halogens is 1. The highest BCUT2D eigenvalue weighted by molar-refractivity contribution is 9.10. The van der Waals surface area contributed by atoms with E-state index in [1.807, 2.05) is 31.2 Å². The molecule has 0 unspecified atom stereocenters. The number of nitro groups is 1. The molecule has 6 heteroatoms. The van der Waals surface area contributed by atoms with Gasteiger partial charge in [-0.2, -0.15) is 0 Å². The lowest BCUT2D eigenvalue weighted by atomic mass is 10.2. The zero-order valence-corrected chi connectivity index (χ0v) is 15.2. The Morgan fingerprint density at radius 1 is 1.21 bits per heavy atom. The summed E-state index contributed by atoms with van der Waals surface area (Å²) in [4.78, 5) is 10.4. The number of hydrogen-bond acceptors (Lipinski definition) is 4. The highest BCUT2D eigenvalue weighted by Gasteiger charge is 2.05. The predicted octanol–water partition coefficient (Wildman–Crippen LogP) is 4.61. The third kappa shape index (κ3) is 5.94. The number of nitro benzene ring substituents is 1. The largest absolute Gasteiger partial charge is 0.494 e. The SMILES string of the molecule is Cc1ccc(OCCCCNCc2cccc([N+](=O)[O-])c2)cc1Br. The van der Waals surface area contributed by atoms with Crippen molar-refractivity contribution >= 4 is 21.6 Å². The Labute approximate surface area is 150 Å². The number of nitrogens with one attached hydrogen (secondary N) is 1. The normalized spacial score (nSPS) is 10.6. The summed E-state index contributed by atoms with van der Waals surface area (Å²) in [6, 6.07) is 12.7. The van der Waals surface area contributed by atoms with Gasteiger partial charge in [0.25, 0.3) is 5.69 Å². The van der Waals surface area contributed by atoms with Gasteiger partial charge in [-0.15, -0.1) is 0 Å². The molecule has 0 aliphatic carbocycles. The Morgan fingerprint density at radius 2 is 2.04 bits per heavy atom. The fraction of sp³-hybridized carbons (Fsp3) is 0.333. The number of aryl methyl sites for hydroxylation is 1. The zero-order valence-electron chi connectivity index (χ0n) is 13.6. The average molecular weight is 393 g/mol. The zero-order chi connectivity index (χ0) is 17.4. The fourth-order valence-corrected chi connectivity index (χ4v) is 2.58. The van der Waals surface area contributed by atoms with Crippen LogP contribution in [0.25, 0.3) is 0 Å². The van der Waals surface area contributed by atoms with Crippen molar-refractivity contribution in [1.82, 2.24) is 5.32 Å². The lowest BCUT2D eigenvalue weighted by Crippen LogP contribution is -2.15. The molecule has 0 amide bonds. The Kier molecular flexibility index (Phi) is 7.21. The van der Waals surface area contributed by atoms with Crippen molar-refractivity contribution in [3.8, 4) is 5.75 Å². The van der Waals surface area contributed by atoms with Crippen molar-refractivity contribution in [3.05, 3.63) is 68.2 Å². The lowest BCUT2D eigenvalue weighted by molar-refractivity contribution is -0.384. The van der Waals surface area contributed by atoms with Gasteiger partial charge in [-0.1, -0.05) is 34.1 Å². The van der Waals surface area contributed by atoms with Crippen LogP contribution in [0.4, 0.5) is 5.69 Å². The average Bonchev–Trinajstić information content (AvgIpc) is 2.57. The predicted molar refractivity (Wildman–Crippen MR) is 98.4 cm³/mol. The van der Waals surface area contributed by atoms with E-state index in [0.717, 1.165) is 35.2 Å². The summed E-state index contributed by atoms with van der Waals surface area (Å²) in [5.74, 6) is 0.872. The molecule has 2 aromatic carbocycles. The first-order valence-corrected chi connectivity index (χ1v) is 8.68. The molecule has 0 aliphatic heterocycles. The molecule has 0 spiro atoms. The van der Waals surface area contributed by atoms with Crippen LogP contribution in [-0.4, -0.2) is 18.1 Å². The monoisotopic (exact) mass is 392 g/mol. The third-order valence-corrected chi connectivity index (χ3v) is 4.46. The molecule has 0 saturated heterocycles. The van der Waals surface area contributed by atoms with Crippen molar-refractivity contribution in [2.45, 2.75) is 26.3 Å². The van der Waals surface area contributed by atoms with Gasteiger partial charge in [0.15, 0.2) is 0 Å². The second kappa shape index (κ2) is 9.39. The van der Waals surface area contributed by atoms with Gasteiger partial charge in [-0.05, 0) is 49.6 Å². The maximum Gasteiger partial charge on any atom is 0.269 e. The number of unbranched alkanes of at least 4 members (excludes halogenated alkanes) is 1. The summed E-state index contributed by atoms with van der Waals surface area (Å²) >= 11 is 3.49. The van der Waals surface area contributed by atoms with E-state index in [2.05, 4.69) is 21.2 Å². The van der Waals surface area contributed by atoms with E-state index < -0.39 is 0 Å². The Morgan fingerprint density at radius 3 is 2.79 bits per heavy atom. The minimum absolute atomic E-state index is 0.131. The molecule has 1 N–H and O–H groups in total. The molecule has 2 rings (SSSR count). The van der Waals surface area contributed by atoms with Crippen molar-refractivity contribution in [1.29, 1.82) is 0 Å². The number of benzene rings is 2. The summed E-state index contributed by atoms with van der Waals surface area (Å²) in [5, 5.41) is 14.0. The minimum Gasteiger partial charge on any atom is -0.494 e. The molecule has 128 valence electrons. The van der Waals surface area contributed by atoms with Crippen LogP contribution in [0.2, 0.25) is 0 Å². The summed E-state index contributed by atoms with van der Waals surface area (Å²) in [5.41, 5.74) is 2.24. The maximum atomic E-state index is 10.7. The first-order valence-electron chi connectivity index (χ1n) is 7.89. The van der Waals surface area contributed by atoms with Gasteiger partial charge >= 0.3 is 0 Å². The van der Waals surface area contributed by atoms with E-state index in [0.29, 0.717) is 13.2 Å². The molecule has 0 heterocycles. The minimum atomic E-state index is -0.371. The molecule has 0 radical (unpaired) electrons. The van der Waals surface area contributed by atoms with E-state index >= 15 is 0 Å². The van der Waals surface area contributed by atoms with Crippen LogP contribution in [0.3, 0.4) is 0 Å². The second-order valence-electron chi connectivity index (χ2n) is 5.57. The van der Waals surface area contributed by atoms with E-state index in [4.69, 9.17) is 4.74 Å². The molecule has 5 nitrogen and oxygen atoms in total. The third-order valence-electron chi connectivity index (χ3n) is 3.61. The van der Waals surface area contributed by atoms with Gasteiger partial charge in [0.05, 0.1) is 11.5 Å². The Hall–Kier alpha value is -1.92. The van der Waals surface area contributed by atoms with Crippen LogP contribution in [0.15, 0.2) is 46.9 Å². The van der Waals surface area contributed by atoms with Crippen LogP contribution >= 0.6 is 15.9 Å². The van der Waals surface area contributed by atoms with E-state index in [1.54, 1.807) is 12.1 Å². The first kappa shape index (κ1) is 18.4. The van der Waals surface area contributed by atoms with Crippen LogP contribution < -0.4 is 10.1 Å². The van der Waals surface area contributed by atoms with Crippen LogP contribution in [0.1, 0.15) is 24.0 Å². The van der Waals surface area contributed by atoms with E-state index in [1.165, 1.54) is 11.6 Å². The van der Waals surface area contributed by atoms with Gasteiger partial charge in [0, 0.05) is 23.2 Å². The number of rotatable bonds is 9. The smallest absolute Gasteiger partial charge is 0.269 e. The number of non-ortho nitro benzene ring substituents is 1.